The van der Waals surface area contributed by atoms with Crippen LogP contribution in [-0.4, -0.2) is 17.4 Å². The van der Waals surface area contributed by atoms with Crippen LogP contribution in [0.15, 0.2) is 77.8 Å². The molecule has 1 aliphatic rings. The zero-order valence-electron chi connectivity index (χ0n) is 20.7. The van der Waals surface area contributed by atoms with Gasteiger partial charge in [-0.2, -0.15) is 0 Å². The summed E-state index contributed by atoms with van der Waals surface area (Å²) in [6.45, 7) is 4.31. The quantitative estimate of drug-likeness (QED) is 0.235. The van der Waals surface area contributed by atoms with Crippen molar-refractivity contribution in [3.63, 3.8) is 0 Å². The van der Waals surface area contributed by atoms with E-state index in [1.165, 1.54) is 32.1 Å². The van der Waals surface area contributed by atoms with Crippen molar-refractivity contribution in [2.45, 2.75) is 70.3 Å². The predicted octanol–water partition coefficient (Wildman–Crippen LogP) is 8.96. The number of aryl methyl sites for hydroxylation is 1. The van der Waals surface area contributed by atoms with Crippen molar-refractivity contribution in [1.82, 2.24) is 0 Å². The van der Waals surface area contributed by atoms with Gasteiger partial charge < -0.3 is 5.11 Å². The average Bonchev–Trinajstić information content (AvgIpc) is 2.86. The summed E-state index contributed by atoms with van der Waals surface area (Å²) in [5.41, 5.74) is 4.73. The molecule has 0 aliphatic heterocycles. The first-order chi connectivity index (χ1) is 17.0. The van der Waals surface area contributed by atoms with Gasteiger partial charge in [-0.1, -0.05) is 98.8 Å². The van der Waals surface area contributed by atoms with Crippen LogP contribution in [0.4, 0.5) is 0 Å². The Balaban J connectivity index is 0.00000108. The molecule has 0 spiro atoms. The number of halogens is 2. The van der Waals surface area contributed by atoms with Crippen molar-refractivity contribution in [3.8, 4) is 5.75 Å². The van der Waals surface area contributed by atoms with Gasteiger partial charge in [0.15, 0.2) is 0 Å². The summed E-state index contributed by atoms with van der Waals surface area (Å²) in [6, 6.07) is 25.5. The third-order valence-electron chi connectivity index (χ3n) is 7.02. The molecule has 0 bridgehead atoms. The number of aromatic hydroxyl groups is 1. The van der Waals surface area contributed by atoms with E-state index in [1.54, 1.807) is 0 Å². The zero-order valence-corrected chi connectivity index (χ0v) is 24.7. The summed E-state index contributed by atoms with van der Waals surface area (Å²) in [6.07, 6.45) is 10.7. The zero-order chi connectivity index (χ0) is 25.1. The van der Waals surface area contributed by atoms with E-state index in [-0.39, 0.29) is 0 Å². The van der Waals surface area contributed by atoms with Crippen molar-refractivity contribution in [3.05, 3.63) is 101 Å². The van der Waals surface area contributed by atoms with E-state index in [0.717, 1.165) is 40.7 Å². The van der Waals surface area contributed by atoms with Crippen molar-refractivity contribution in [2.24, 2.45) is 4.99 Å². The molecular formula is C30H35Cl2NOZr. The normalized spacial score (nSPS) is 15.1. The number of rotatable bonds is 5. The number of phenols is 1. The Labute approximate surface area is 229 Å². The van der Waals surface area contributed by atoms with E-state index in [0.29, 0.717) is 11.8 Å². The standard InChI is InChI=1S/C30H35NO.2ClH.Zr/c1-23-20-24(22-31-27-18-12-4-3-5-13-19-27)29(32)28(21-23)30(2,25-14-8-6-9-15-25)26-16-10-7-11-17-26;;;/h6-11,14-17,20-22,27,32H,3-5,12-13,18-19H2,1-2H3;2*1H;/q;;;+2/p-2. The van der Waals surface area contributed by atoms with Crippen LogP contribution in [0.1, 0.15) is 79.7 Å². The number of aliphatic imine (C=N–C) groups is 1. The minimum absolute atomic E-state index is 0.334. The molecular weight excluding hydrogens is 552 g/mol. The van der Waals surface area contributed by atoms with Gasteiger partial charge in [0.05, 0.1) is 0 Å². The fourth-order valence-corrected chi connectivity index (χ4v) is 5.08. The summed E-state index contributed by atoms with van der Waals surface area (Å²) < 4.78 is 0. The molecule has 4 rings (SSSR count). The molecule has 3 aromatic carbocycles. The SMILES string of the molecule is Cc1cc(C=NC2CCCCCCC2)c(O)c(C(C)(c2ccccc2)c2ccccc2)c1.[Cl][Zr][Cl]. The first-order valence-corrected chi connectivity index (χ1v) is 18.8. The fourth-order valence-electron chi connectivity index (χ4n) is 5.08. The van der Waals surface area contributed by atoms with Crippen LogP contribution >= 0.6 is 17.0 Å². The van der Waals surface area contributed by atoms with Gasteiger partial charge in [0.25, 0.3) is 0 Å². The predicted molar refractivity (Wildman–Crippen MR) is 147 cm³/mol. The van der Waals surface area contributed by atoms with Crippen molar-refractivity contribution >= 4 is 23.2 Å². The van der Waals surface area contributed by atoms with Crippen LogP contribution in [0.2, 0.25) is 0 Å². The van der Waals surface area contributed by atoms with Gasteiger partial charge in [-0.05, 0) is 49.4 Å². The molecule has 1 saturated carbocycles. The molecule has 5 heteroatoms. The van der Waals surface area contributed by atoms with E-state index >= 15 is 0 Å². The van der Waals surface area contributed by atoms with Gasteiger partial charge in [0, 0.05) is 28.8 Å². The first kappa shape index (κ1) is 28.2. The number of phenolic OH excluding ortho intramolecular Hbond substituents is 1. The molecule has 0 heterocycles. The van der Waals surface area contributed by atoms with Gasteiger partial charge in [-0.3, -0.25) is 4.99 Å². The third-order valence-corrected chi connectivity index (χ3v) is 7.02. The van der Waals surface area contributed by atoms with Gasteiger partial charge in [0.2, 0.25) is 0 Å². The Morgan fingerprint density at radius 2 is 1.34 bits per heavy atom. The molecule has 0 amide bonds. The molecule has 0 saturated heterocycles. The van der Waals surface area contributed by atoms with Crippen molar-refractivity contribution in [2.75, 3.05) is 0 Å². The van der Waals surface area contributed by atoms with Crippen LogP contribution < -0.4 is 0 Å². The Morgan fingerprint density at radius 3 is 1.86 bits per heavy atom. The number of nitrogens with zero attached hydrogens (tertiary/aromatic N) is 1. The van der Waals surface area contributed by atoms with E-state index in [9.17, 15) is 5.11 Å². The molecule has 0 atom stereocenters. The van der Waals surface area contributed by atoms with Gasteiger partial charge in [-0.15, -0.1) is 0 Å². The second-order valence-corrected chi connectivity index (χ2v) is 13.2. The van der Waals surface area contributed by atoms with E-state index in [4.69, 9.17) is 22.0 Å². The molecule has 35 heavy (non-hydrogen) atoms. The molecule has 184 valence electrons. The second-order valence-electron chi connectivity index (χ2n) is 9.46. The Bertz CT molecular complexity index is 1020. The average molecular weight is 588 g/mol. The molecule has 2 nitrogen and oxygen atoms in total. The maximum atomic E-state index is 11.5. The summed E-state index contributed by atoms with van der Waals surface area (Å²) in [4.78, 5) is 4.94. The minimum atomic E-state index is -0.826. The summed E-state index contributed by atoms with van der Waals surface area (Å²) >= 11 is -0.826. The van der Waals surface area contributed by atoms with Crippen LogP contribution in [0, 0.1) is 6.92 Å². The van der Waals surface area contributed by atoms with Gasteiger partial charge >= 0.3 is 37.9 Å². The number of hydrogen-bond donors (Lipinski definition) is 1. The Kier molecular flexibility index (Phi) is 11.6. The van der Waals surface area contributed by atoms with Crippen LogP contribution in [0.25, 0.3) is 0 Å². The third kappa shape index (κ3) is 7.54. The molecule has 1 fully saturated rings. The van der Waals surface area contributed by atoms with Gasteiger partial charge in [-0.25, -0.2) is 0 Å². The fraction of sp³-hybridized carbons (Fsp3) is 0.367. The van der Waals surface area contributed by atoms with E-state index < -0.39 is 26.3 Å². The first-order valence-electron chi connectivity index (χ1n) is 12.4. The van der Waals surface area contributed by atoms with Crippen LogP contribution in [0.5, 0.6) is 5.75 Å². The molecule has 0 aromatic heterocycles. The number of hydrogen-bond acceptors (Lipinski definition) is 2. The van der Waals surface area contributed by atoms with E-state index in [2.05, 4.69) is 74.5 Å². The summed E-state index contributed by atoms with van der Waals surface area (Å²) in [5.74, 6) is 0.334. The van der Waals surface area contributed by atoms with Crippen molar-refractivity contribution in [1.29, 1.82) is 0 Å². The summed E-state index contributed by atoms with van der Waals surface area (Å²) in [5, 5.41) is 11.5. The van der Waals surface area contributed by atoms with Crippen LogP contribution in [-0.2, 0) is 26.3 Å². The number of benzene rings is 3. The molecule has 1 aliphatic carbocycles. The maximum absolute atomic E-state index is 11.5. The summed E-state index contributed by atoms with van der Waals surface area (Å²) in [7, 11) is 9.87. The Hall–Kier alpha value is -1.41. The molecule has 1 N–H and O–H groups in total. The molecule has 3 aromatic rings. The second kappa shape index (κ2) is 14.4. The monoisotopic (exact) mass is 585 g/mol. The molecule has 0 unspecified atom stereocenters. The van der Waals surface area contributed by atoms with Gasteiger partial charge in [0.1, 0.15) is 5.75 Å². The van der Waals surface area contributed by atoms with Crippen molar-refractivity contribution < 1.29 is 26.0 Å². The molecule has 0 radical (unpaired) electrons. The topological polar surface area (TPSA) is 32.6 Å². The Morgan fingerprint density at radius 1 is 0.857 bits per heavy atom. The van der Waals surface area contributed by atoms with E-state index in [1.807, 2.05) is 18.3 Å². The van der Waals surface area contributed by atoms with Crippen LogP contribution in [0.3, 0.4) is 0 Å².